The van der Waals surface area contributed by atoms with Gasteiger partial charge in [0.25, 0.3) is 0 Å². The highest BCUT2D eigenvalue weighted by Crippen LogP contribution is 2.18. The number of pyridine rings is 1. The first-order valence-corrected chi connectivity index (χ1v) is 7.33. The standard InChI is InChI=1S/C16H25N3O4/c1-10-8-9-11(18-13(20)22-15(2,3)4)17-12(10)19-14(21)23-16(5,6)7/h8-9H,1-7H3,(H2,17,18,19,20,21). The zero-order valence-electron chi connectivity index (χ0n) is 14.7. The topological polar surface area (TPSA) is 89.5 Å². The monoisotopic (exact) mass is 323 g/mol. The van der Waals surface area contributed by atoms with Crippen LogP contribution in [0.5, 0.6) is 0 Å². The van der Waals surface area contributed by atoms with Gasteiger partial charge in [0.15, 0.2) is 0 Å². The fraction of sp³-hybridized carbons (Fsp3) is 0.562. The lowest BCUT2D eigenvalue weighted by atomic mass is 10.2. The van der Waals surface area contributed by atoms with Gasteiger partial charge in [0.1, 0.15) is 22.8 Å². The molecule has 2 N–H and O–H groups in total. The molecule has 128 valence electrons. The summed E-state index contributed by atoms with van der Waals surface area (Å²) in [6.45, 7) is 12.4. The predicted molar refractivity (Wildman–Crippen MR) is 88.7 cm³/mol. The molecule has 1 rings (SSSR count). The average Bonchev–Trinajstić information content (AvgIpc) is 2.28. The first-order chi connectivity index (χ1) is 10.4. The highest BCUT2D eigenvalue weighted by molar-refractivity contribution is 5.87. The molecule has 0 unspecified atom stereocenters. The molecule has 0 aliphatic rings. The fourth-order valence-electron chi connectivity index (χ4n) is 1.53. The Morgan fingerprint density at radius 3 is 1.87 bits per heavy atom. The molecule has 1 aromatic heterocycles. The number of carbonyl (C=O) groups is 2. The molecule has 1 heterocycles. The summed E-state index contributed by atoms with van der Waals surface area (Å²) in [7, 11) is 0. The smallest absolute Gasteiger partial charge is 0.413 e. The van der Waals surface area contributed by atoms with Crippen LogP contribution in [0.4, 0.5) is 21.2 Å². The van der Waals surface area contributed by atoms with Crippen molar-refractivity contribution in [2.75, 3.05) is 10.6 Å². The van der Waals surface area contributed by atoms with E-state index in [4.69, 9.17) is 9.47 Å². The number of ether oxygens (including phenoxy) is 2. The van der Waals surface area contributed by atoms with Gasteiger partial charge in [-0.15, -0.1) is 0 Å². The molecule has 1 aromatic rings. The van der Waals surface area contributed by atoms with E-state index in [0.29, 0.717) is 5.82 Å². The number of carbonyl (C=O) groups excluding carboxylic acids is 2. The third kappa shape index (κ3) is 7.49. The van der Waals surface area contributed by atoms with E-state index in [2.05, 4.69) is 15.6 Å². The Balaban J connectivity index is 2.79. The van der Waals surface area contributed by atoms with Crippen LogP contribution in [0, 0.1) is 6.92 Å². The molecule has 0 fully saturated rings. The van der Waals surface area contributed by atoms with Crippen molar-refractivity contribution in [2.45, 2.75) is 59.7 Å². The quantitative estimate of drug-likeness (QED) is 0.855. The number of nitrogens with zero attached hydrogens (tertiary/aromatic N) is 1. The van der Waals surface area contributed by atoms with Gasteiger partial charge in [-0.2, -0.15) is 0 Å². The summed E-state index contributed by atoms with van der Waals surface area (Å²) in [5.74, 6) is 0.587. The molecule has 0 aliphatic heterocycles. The summed E-state index contributed by atoms with van der Waals surface area (Å²) >= 11 is 0. The molecule has 7 heteroatoms. The maximum atomic E-state index is 11.8. The lowest BCUT2D eigenvalue weighted by Crippen LogP contribution is -2.28. The highest BCUT2D eigenvalue weighted by Gasteiger charge is 2.19. The molecule has 7 nitrogen and oxygen atoms in total. The summed E-state index contributed by atoms with van der Waals surface area (Å²) in [5.41, 5.74) is -0.470. The number of amides is 2. The van der Waals surface area contributed by atoms with Crippen LogP contribution in [-0.4, -0.2) is 28.4 Å². The maximum Gasteiger partial charge on any atom is 0.413 e. The number of aromatic nitrogens is 1. The number of nitrogens with one attached hydrogen (secondary N) is 2. The van der Waals surface area contributed by atoms with Crippen LogP contribution in [0.2, 0.25) is 0 Å². The Morgan fingerprint density at radius 1 is 0.913 bits per heavy atom. The van der Waals surface area contributed by atoms with Crippen molar-refractivity contribution in [3.8, 4) is 0 Å². The SMILES string of the molecule is Cc1ccc(NC(=O)OC(C)(C)C)nc1NC(=O)OC(C)(C)C. The zero-order chi connectivity index (χ0) is 17.8. The first kappa shape index (κ1) is 18.7. The Morgan fingerprint density at radius 2 is 1.39 bits per heavy atom. The molecule has 23 heavy (non-hydrogen) atoms. The summed E-state index contributed by atoms with van der Waals surface area (Å²) in [6.07, 6.45) is -1.22. The fourth-order valence-corrected chi connectivity index (χ4v) is 1.53. The molecule has 0 atom stereocenters. The summed E-state index contributed by atoms with van der Waals surface area (Å²) in [4.78, 5) is 27.8. The summed E-state index contributed by atoms with van der Waals surface area (Å²) < 4.78 is 10.3. The van der Waals surface area contributed by atoms with Crippen LogP contribution in [0.3, 0.4) is 0 Å². The molecule has 0 radical (unpaired) electrons. The van der Waals surface area contributed by atoms with Gasteiger partial charge in [0.2, 0.25) is 0 Å². The van der Waals surface area contributed by atoms with Crippen LogP contribution >= 0.6 is 0 Å². The summed E-state index contributed by atoms with van der Waals surface area (Å²) in [6, 6.07) is 3.35. The number of anilines is 2. The van der Waals surface area contributed by atoms with Crippen LogP contribution in [0.25, 0.3) is 0 Å². The van der Waals surface area contributed by atoms with Gasteiger partial charge in [-0.3, -0.25) is 10.6 Å². The summed E-state index contributed by atoms with van der Waals surface area (Å²) in [5, 5.41) is 5.09. The molecule has 0 aliphatic carbocycles. The minimum atomic E-state index is -0.614. The van der Waals surface area contributed by atoms with E-state index >= 15 is 0 Å². The molecule has 0 saturated carbocycles. The van der Waals surface area contributed by atoms with Crippen molar-refractivity contribution >= 4 is 23.8 Å². The van der Waals surface area contributed by atoms with E-state index < -0.39 is 23.4 Å². The van der Waals surface area contributed by atoms with Crippen molar-refractivity contribution in [2.24, 2.45) is 0 Å². The number of hydrogen-bond acceptors (Lipinski definition) is 5. The van der Waals surface area contributed by atoms with Crippen LogP contribution < -0.4 is 10.6 Å². The largest absolute Gasteiger partial charge is 0.444 e. The molecule has 0 bridgehead atoms. The van der Waals surface area contributed by atoms with Gasteiger partial charge >= 0.3 is 12.2 Å². The molecule has 2 amide bonds. The Hall–Kier alpha value is -2.31. The lowest BCUT2D eigenvalue weighted by molar-refractivity contribution is 0.0625. The Kier molecular flexibility index (Phi) is 5.58. The zero-order valence-corrected chi connectivity index (χ0v) is 14.7. The van der Waals surface area contributed by atoms with Crippen molar-refractivity contribution in [3.63, 3.8) is 0 Å². The van der Waals surface area contributed by atoms with E-state index in [1.54, 1.807) is 60.6 Å². The minimum Gasteiger partial charge on any atom is -0.444 e. The Labute approximate surface area is 136 Å². The van der Waals surface area contributed by atoms with Crippen molar-refractivity contribution in [3.05, 3.63) is 17.7 Å². The number of hydrogen-bond donors (Lipinski definition) is 2. The van der Waals surface area contributed by atoms with Gasteiger partial charge in [-0.05, 0) is 60.1 Å². The molecular weight excluding hydrogens is 298 g/mol. The molecule has 0 saturated heterocycles. The number of aryl methyl sites for hydroxylation is 1. The van der Waals surface area contributed by atoms with Crippen LogP contribution in [-0.2, 0) is 9.47 Å². The predicted octanol–water partition coefficient (Wildman–Crippen LogP) is 4.08. The minimum absolute atomic E-state index is 0.274. The molecule has 0 spiro atoms. The van der Waals surface area contributed by atoms with Crippen LogP contribution in [0.15, 0.2) is 12.1 Å². The van der Waals surface area contributed by atoms with Crippen molar-refractivity contribution in [1.82, 2.24) is 4.98 Å². The second-order valence-electron chi connectivity index (χ2n) is 7.12. The lowest BCUT2D eigenvalue weighted by Gasteiger charge is -2.20. The Bertz CT molecular complexity index is 586. The molecular formula is C16H25N3O4. The third-order valence-corrected chi connectivity index (χ3v) is 2.35. The van der Waals surface area contributed by atoms with E-state index in [1.165, 1.54) is 0 Å². The van der Waals surface area contributed by atoms with E-state index in [9.17, 15) is 9.59 Å². The maximum absolute atomic E-state index is 11.8. The van der Waals surface area contributed by atoms with Crippen LogP contribution in [0.1, 0.15) is 47.1 Å². The molecule has 0 aromatic carbocycles. The van der Waals surface area contributed by atoms with Gasteiger partial charge in [0, 0.05) is 0 Å². The highest BCUT2D eigenvalue weighted by atomic mass is 16.6. The van der Waals surface area contributed by atoms with E-state index in [-0.39, 0.29) is 5.82 Å². The van der Waals surface area contributed by atoms with E-state index in [0.717, 1.165) is 5.56 Å². The average molecular weight is 323 g/mol. The van der Waals surface area contributed by atoms with Gasteiger partial charge in [-0.25, -0.2) is 14.6 Å². The van der Waals surface area contributed by atoms with Gasteiger partial charge in [-0.1, -0.05) is 6.07 Å². The van der Waals surface area contributed by atoms with Crippen molar-refractivity contribution < 1.29 is 19.1 Å². The third-order valence-electron chi connectivity index (χ3n) is 2.35. The first-order valence-electron chi connectivity index (χ1n) is 7.33. The van der Waals surface area contributed by atoms with Crippen molar-refractivity contribution in [1.29, 1.82) is 0 Å². The second-order valence-corrected chi connectivity index (χ2v) is 7.12. The van der Waals surface area contributed by atoms with Gasteiger partial charge in [0.05, 0.1) is 0 Å². The second kappa shape index (κ2) is 6.85. The van der Waals surface area contributed by atoms with E-state index in [1.807, 2.05) is 0 Å². The normalized spacial score (nSPS) is 11.6. The van der Waals surface area contributed by atoms with Gasteiger partial charge < -0.3 is 9.47 Å². The number of rotatable bonds is 2.